The van der Waals surface area contributed by atoms with Crippen molar-refractivity contribution in [1.82, 2.24) is 4.98 Å². The van der Waals surface area contributed by atoms with Crippen LogP contribution in [0.2, 0.25) is 0 Å². The Bertz CT molecular complexity index is 1110. The fourth-order valence-electron chi connectivity index (χ4n) is 4.42. The van der Waals surface area contributed by atoms with Crippen LogP contribution in [0.5, 0.6) is 5.75 Å². The minimum Gasteiger partial charge on any atom is -0.490 e. The van der Waals surface area contributed by atoms with Crippen LogP contribution in [-0.4, -0.2) is 11.1 Å². The number of ether oxygens (including phenoxy) is 1. The molecule has 0 saturated heterocycles. The van der Waals surface area contributed by atoms with Crippen LogP contribution in [0.1, 0.15) is 63.6 Å². The fourth-order valence-corrected chi connectivity index (χ4v) is 4.42. The summed E-state index contributed by atoms with van der Waals surface area (Å²) in [5.74, 6) is 2.43. The lowest BCUT2D eigenvalue weighted by atomic mass is 9.77. The summed E-state index contributed by atoms with van der Waals surface area (Å²) in [5, 5.41) is 9.50. The summed E-state index contributed by atoms with van der Waals surface area (Å²) < 4.78 is 11.9. The number of hydrogen-bond donors (Lipinski definition) is 0. The molecule has 3 aromatic rings. The second kappa shape index (κ2) is 7.65. The molecule has 0 saturated carbocycles. The number of nitriles is 1. The zero-order valence-electron chi connectivity index (χ0n) is 18.3. The van der Waals surface area contributed by atoms with Crippen LogP contribution in [0.25, 0.3) is 22.8 Å². The summed E-state index contributed by atoms with van der Waals surface area (Å²) in [6.07, 6.45) is 4.02. The molecule has 4 nitrogen and oxygen atoms in total. The molecule has 1 atom stereocenters. The second-order valence-electron chi connectivity index (χ2n) is 9.35. The van der Waals surface area contributed by atoms with Gasteiger partial charge in [0.05, 0.1) is 17.9 Å². The van der Waals surface area contributed by atoms with Gasteiger partial charge >= 0.3 is 0 Å². The van der Waals surface area contributed by atoms with Crippen molar-refractivity contribution in [3.05, 3.63) is 59.3 Å². The van der Waals surface area contributed by atoms with Gasteiger partial charge in [0, 0.05) is 11.1 Å². The maximum Gasteiger partial charge on any atom is 0.226 e. The van der Waals surface area contributed by atoms with Gasteiger partial charge in [0.2, 0.25) is 5.89 Å². The van der Waals surface area contributed by atoms with Crippen LogP contribution in [0, 0.1) is 16.7 Å². The highest BCUT2D eigenvalue weighted by Crippen LogP contribution is 2.47. The SMILES string of the molecule is CC(C)Oc1ccc(-c2ncc(-c3cccc4c3CC[C@H]4C(C)(C)C)o2)cc1C#N. The molecule has 0 bridgehead atoms. The highest BCUT2D eigenvalue weighted by atomic mass is 16.5. The number of benzene rings is 2. The van der Waals surface area contributed by atoms with Crippen molar-refractivity contribution in [2.75, 3.05) is 0 Å². The minimum absolute atomic E-state index is 0.00777. The molecule has 4 heteroatoms. The third-order valence-corrected chi connectivity index (χ3v) is 5.80. The highest BCUT2D eigenvalue weighted by molar-refractivity contribution is 5.68. The molecule has 0 spiro atoms. The van der Waals surface area contributed by atoms with Gasteiger partial charge in [0.25, 0.3) is 0 Å². The van der Waals surface area contributed by atoms with E-state index in [0.29, 0.717) is 23.1 Å². The van der Waals surface area contributed by atoms with Gasteiger partial charge in [-0.2, -0.15) is 5.26 Å². The Labute approximate surface area is 178 Å². The van der Waals surface area contributed by atoms with E-state index in [1.165, 1.54) is 17.5 Å². The molecule has 1 aliphatic rings. The third-order valence-electron chi connectivity index (χ3n) is 5.80. The Morgan fingerprint density at radius 1 is 1.20 bits per heavy atom. The van der Waals surface area contributed by atoms with Crippen LogP contribution in [-0.2, 0) is 6.42 Å². The Morgan fingerprint density at radius 2 is 2.00 bits per heavy atom. The summed E-state index contributed by atoms with van der Waals surface area (Å²) in [6.45, 7) is 10.8. The molecule has 154 valence electrons. The number of oxazole rings is 1. The van der Waals surface area contributed by atoms with Crippen molar-refractivity contribution in [1.29, 1.82) is 5.26 Å². The van der Waals surface area contributed by atoms with E-state index in [4.69, 9.17) is 9.15 Å². The topological polar surface area (TPSA) is 59.1 Å². The molecule has 0 unspecified atom stereocenters. The highest BCUT2D eigenvalue weighted by Gasteiger charge is 2.33. The largest absolute Gasteiger partial charge is 0.490 e. The Morgan fingerprint density at radius 3 is 2.70 bits per heavy atom. The first-order valence-corrected chi connectivity index (χ1v) is 10.6. The van der Waals surface area contributed by atoms with E-state index in [1.54, 1.807) is 12.3 Å². The van der Waals surface area contributed by atoms with E-state index < -0.39 is 0 Å². The molecule has 0 fully saturated rings. The molecule has 0 radical (unpaired) electrons. The van der Waals surface area contributed by atoms with E-state index in [2.05, 4.69) is 50.0 Å². The number of rotatable bonds is 4. The number of hydrogen-bond acceptors (Lipinski definition) is 4. The number of aromatic nitrogens is 1. The van der Waals surface area contributed by atoms with Gasteiger partial charge < -0.3 is 9.15 Å². The number of fused-ring (bicyclic) bond motifs is 1. The van der Waals surface area contributed by atoms with Gasteiger partial charge in [-0.1, -0.05) is 39.0 Å². The van der Waals surface area contributed by atoms with Crippen LogP contribution >= 0.6 is 0 Å². The monoisotopic (exact) mass is 400 g/mol. The molecule has 1 aromatic heterocycles. The molecule has 0 amide bonds. The average Bonchev–Trinajstić information content (AvgIpc) is 3.34. The first-order chi connectivity index (χ1) is 14.3. The molecule has 1 heterocycles. The summed E-state index contributed by atoms with van der Waals surface area (Å²) in [7, 11) is 0. The lowest BCUT2D eigenvalue weighted by Crippen LogP contribution is -2.15. The zero-order chi connectivity index (χ0) is 21.5. The summed E-state index contributed by atoms with van der Waals surface area (Å²) in [6, 6.07) is 14.2. The van der Waals surface area contributed by atoms with Crippen LogP contribution in [0.3, 0.4) is 0 Å². The molecule has 0 N–H and O–H groups in total. The van der Waals surface area contributed by atoms with Gasteiger partial charge in [-0.05, 0) is 67.3 Å². The second-order valence-corrected chi connectivity index (χ2v) is 9.35. The Hall–Kier alpha value is -3.06. The lowest BCUT2D eigenvalue weighted by Gasteiger charge is -2.27. The van der Waals surface area contributed by atoms with Gasteiger partial charge in [0.1, 0.15) is 11.8 Å². The van der Waals surface area contributed by atoms with Crippen molar-refractivity contribution >= 4 is 0 Å². The maximum absolute atomic E-state index is 9.50. The molecular formula is C26H28N2O2. The fraction of sp³-hybridized carbons (Fsp3) is 0.385. The van der Waals surface area contributed by atoms with Gasteiger partial charge in [0.15, 0.2) is 5.76 Å². The molecular weight excluding hydrogens is 372 g/mol. The smallest absolute Gasteiger partial charge is 0.226 e. The normalized spacial score (nSPS) is 15.8. The zero-order valence-corrected chi connectivity index (χ0v) is 18.3. The number of nitrogens with zero attached hydrogens (tertiary/aromatic N) is 2. The molecule has 30 heavy (non-hydrogen) atoms. The molecule has 1 aliphatic carbocycles. The van der Waals surface area contributed by atoms with Crippen molar-refractivity contribution in [2.45, 2.75) is 59.5 Å². The Balaban J connectivity index is 1.68. The van der Waals surface area contributed by atoms with Crippen LogP contribution in [0.4, 0.5) is 0 Å². The third kappa shape index (κ3) is 3.73. The summed E-state index contributed by atoms with van der Waals surface area (Å²) in [4.78, 5) is 4.51. The quantitative estimate of drug-likeness (QED) is 0.486. The van der Waals surface area contributed by atoms with Gasteiger partial charge in [-0.3, -0.25) is 0 Å². The van der Waals surface area contributed by atoms with Crippen LogP contribution < -0.4 is 4.74 Å². The van der Waals surface area contributed by atoms with E-state index >= 15 is 0 Å². The van der Waals surface area contributed by atoms with E-state index in [1.807, 2.05) is 26.0 Å². The molecule has 0 aliphatic heterocycles. The van der Waals surface area contributed by atoms with E-state index in [0.717, 1.165) is 23.3 Å². The van der Waals surface area contributed by atoms with E-state index in [9.17, 15) is 5.26 Å². The van der Waals surface area contributed by atoms with Crippen molar-refractivity contribution in [3.63, 3.8) is 0 Å². The van der Waals surface area contributed by atoms with Gasteiger partial charge in [-0.15, -0.1) is 0 Å². The van der Waals surface area contributed by atoms with Gasteiger partial charge in [-0.25, -0.2) is 4.98 Å². The van der Waals surface area contributed by atoms with Crippen molar-refractivity contribution < 1.29 is 9.15 Å². The standard InChI is InChI=1S/C26H28N2O2/c1-16(2)29-23-12-9-17(13-18(23)14-27)25-28-15-24(30-25)21-8-6-7-20-19(21)10-11-22(20)26(3,4)5/h6-9,12-13,15-16,22H,10-11H2,1-5H3/t22-/m1/s1. The van der Waals surface area contributed by atoms with Crippen molar-refractivity contribution in [2.24, 2.45) is 5.41 Å². The predicted octanol–water partition coefficient (Wildman–Crippen LogP) is 6.74. The average molecular weight is 401 g/mol. The first-order valence-electron chi connectivity index (χ1n) is 10.6. The minimum atomic E-state index is 0.00777. The summed E-state index contributed by atoms with van der Waals surface area (Å²) in [5.41, 5.74) is 5.42. The molecule has 4 rings (SSSR count). The Kier molecular flexibility index (Phi) is 5.15. The molecule has 2 aromatic carbocycles. The summed E-state index contributed by atoms with van der Waals surface area (Å²) >= 11 is 0. The first kappa shape index (κ1) is 20.2. The van der Waals surface area contributed by atoms with Crippen molar-refractivity contribution in [3.8, 4) is 34.6 Å². The van der Waals surface area contributed by atoms with Crippen LogP contribution in [0.15, 0.2) is 47.0 Å². The maximum atomic E-state index is 9.50. The van der Waals surface area contributed by atoms with E-state index in [-0.39, 0.29) is 11.5 Å². The lowest BCUT2D eigenvalue weighted by molar-refractivity contribution is 0.242. The predicted molar refractivity (Wildman–Crippen MR) is 118 cm³/mol.